The van der Waals surface area contributed by atoms with Gasteiger partial charge in [-0.1, -0.05) is 69.8 Å². The Morgan fingerprint density at radius 3 is 1.19 bits per heavy atom. The van der Waals surface area contributed by atoms with Gasteiger partial charge in [0.25, 0.3) is 0 Å². The molecule has 6 N–H and O–H groups in total. The van der Waals surface area contributed by atoms with Crippen LogP contribution in [0.4, 0.5) is 0 Å². The van der Waals surface area contributed by atoms with Gasteiger partial charge in [-0.3, -0.25) is 0 Å². The van der Waals surface area contributed by atoms with Gasteiger partial charge in [-0.15, -0.1) is 6.58 Å². The van der Waals surface area contributed by atoms with Crippen molar-refractivity contribution in [2.75, 3.05) is 21.3 Å². The molecule has 0 saturated carbocycles. The Labute approximate surface area is 187 Å². The summed E-state index contributed by atoms with van der Waals surface area (Å²) < 4.78 is 17.8. The molecule has 26 heavy (non-hydrogen) atoms. The highest BCUT2D eigenvalue weighted by Gasteiger charge is 2.34. The lowest BCUT2D eigenvalue weighted by Gasteiger charge is -2.39. The zero-order valence-corrected chi connectivity index (χ0v) is 22.1. The number of halogens is 4. The van der Waals surface area contributed by atoms with E-state index in [0.717, 1.165) is 21.3 Å². The van der Waals surface area contributed by atoms with Gasteiger partial charge in [0.05, 0.1) is 0 Å². The number of hydrogen-bond donors (Lipinski definition) is 6. The topological polar surface area (TPSA) is 156 Å². The van der Waals surface area contributed by atoms with Crippen LogP contribution in [0.15, 0.2) is 12.7 Å². The monoisotopic (exact) mass is 676 g/mol. The molecule has 0 radical (unpaired) electrons. The van der Waals surface area contributed by atoms with Crippen molar-refractivity contribution in [3.05, 3.63) is 12.7 Å². The summed E-state index contributed by atoms with van der Waals surface area (Å²) in [5.41, 5.74) is 0.381. The first-order chi connectivity index (χ1) is 11.7. The second-order valence-electron chi connectivity index (χ2n) is 5.03. The molecular weight excluding hydrogens is 654 g/mol. The zero-order chi connectivity index (χ0) is 21.4. The van der Waals surface area contributed by atoms with E-state index in [0.29, 0.717) is 11.3 Å². The quantitative estimate of drug-likeness (QED) is 0.115. The Hall–Kier alpha value is 1.88. The zero-order valence-electron chi connectivity index (χ0n) is 13.9. The van der Waals surface area contributed by atoms with Crippen LogP contribution in [-0.4, -0.2) is 50.7 Å². The van der Waals surface area contributed by atoms with Crippen molar-refractivity contribution in [1.29, 1.82) is 0 Å². The van der Waals surface area contributed by atoms with Crippen LogP contribution in [0.1, 0.15) is 25.7 Å². The van der Waals surface area contributed by atoms with Crippen molar-refractivity contribution < 1.29 is 38.5 Å². The minimum Gasteiger partial charge on any atom is -0.303 e. The standard InChI is InChI=1S/C12H20Br4.2H3O4P/c1-2-11(3-7-13)12(4-8-14,5-9-15)6-10-16;2*1-5(2,3)4/h2,11H,1,3-10H2;2*(H3,1,2,3,4). The lowest BCUT2D eigenvalue weighted by molar-refractivity contribution is 0.174. The van der Waals surface area contributed by atoms with Crippen LogP contribution in [0.2, 0.25) is 0 Å². The molecular formula is C12H26Br4O8P2. The van der Waals surface area contributed by atoms with Crippen LogP contribution in [0.25, 0.3) is 0 Å². The van der Waals surface area contributed by atoms with Gasteiger partial charge in [0, 0.05) is 21.3 Å². The maximum atomic E-state index is 8.88. The number of phosphoric acid groups is 2. The van der Waals surface area contributed by atoms with Crippen molar-refractivity contribution >= 4 is 79.4 Å². The predicted octanol–water partition coefficient (Wildman–Crippen LogP) is 4.06. The lowest BCUT2D eigenvalue weighted by Crippen LogP contribution is -2.31. The van der Waals surface area contributed by atoms with Crippen molar-refractivity contribution in [3.8, 4) is 0 Å². The molecule has 1 unspecified atom stereocenters. The predicted molar refractivity (Wildman–Crippen MR) is 118 cm³/mol. The normalized spacial score (nSPS) is 13.0. The molecule has 0 aromatic carbocycles. The fraction of sp³-hybridized carbons (Fsp3) is 0.833. The minimum absolute atomic E-state index is 0.381. The first kappa shape index (κ1) is 32.5. The summed E-state index contributed by atoms with van der Waals surface area (Å²) in [6.07, 6.45) is 6.97. The van der Waals surface area contributed by atoms with E-state index < -0.39 is 15.6 Å². The van der Waals surface area contributed by atoms with E-state index >= 15 is 0 Å². The van der Waals surface area contributed by atoms with Gasteiger partial charge in [0.2, 0.25) is 0 Å². The average molecular weight is 680 g/mol. The van der Waals surface area contributed by atoms with Crippen LogP contribution in [0.5, 0.6) is 0 Å². The number of allylic oxidation sites excluding steroid dienone is 1. The smallest absolute Gasteiger partial charge is 0.303 e. The van der Waals surface area contributed by atoms with E-state index in [1.807, 2.05) is 0 Å². The van der Waals surface area contributed by atoms with Gasteiger partial charge in [-0.25, -0.2) is 9.13 Å². The molecule has 0 fully saturated rings. The Kier molecular flexibility index (Phi) is 22.2. The molecule has 0 spiro atoms. The summed E-state index contributed by atoms with van der Waals surface area (Å²) in [4.78, 5) is 43.1. The van der Waals surface area contributed by atoms with Crippen LogP contribution in [-0.2, 0) is 9.13 Å². The van der Waals surface area contributed by atoms with Gasteiger partial charge >= 0.3 is 15.6 Å². The van der Waals surface area contributed by atoms with E-state index in [9.17, 15) is 0 Å². The third-order valence-electron chi connectivity index (χ3n) is 3.27. The number of rotatable bonds is 10. The molecule has 0 aliphatic rings. The van der Waals surface area contributed by atoms with Crippen molar-refractivity contribution in [1.82, 2.24) is 0 Å². The summed E-state index contributed by atoms with van der Waals surface area (Å²) in [5, 5.41) is 4.26. The first-order valence-corrected chi connectivity index (χ1v) is 14.7. The fourth-order valence-electron chi connectivity index (χ4n) is 2.29. The van der Waals surface area contributed by atoms with Gasteiger partial charge in [-0.2, -0.15) is 0 Å². The SMILES string of the molecule is C=CC(CCBr)C(CCBr)(CCBr)CCBr.O=P(O)(O)O.O=P(O)(O)O. The maximum Gasteiger partial charge on any atom is 0.466 e. The summed E-state index contributed by atoms with van der Waals surface area (Å²) in [6.45, 7) is 4.03. The van der Waals surface area contributed by atoms with E-state index in [4.69, 9.17) is 38.5 Å². The van der Waals surface area contributed by atoms with E-state index in [1.165, 1.54) is 25.7 Å². The molecule has 0 aliphatic heterocycles. The lowest BCUT2D eigenvalue weighted by atomic mass is 9.68. The van der Waals surface area contributed by atoms with Gasteiger partial charge in [0.1, 0.15) is 0 Å². The Morgan fingerprint density at radius 2 is 1.04 bits per heavy atom. The van der Waals surface area contributed by atoms with Crippen molar-refractivity contribution in [2.45, 2.75) is 25.7 Å². The first-order valence-electron chi connectivity index (χ1n) is 7.13. The van der Waals surface area contributed by atoms with Gasteiger partial charge < -0.3 is 29.4 Å². The summed E-state index contributed by atoms with van der Waals surface area (Å²) >= 11 is 14.3. The second kappa shape index (κ2) is 17.7. The third-order valence-corrected chi connectivity index (χ3v) is 4.92. The molecule has 1 atom stereocenters. The largest absolute Gasteiger partial charge is 0.466 e. The molecule has 0 rings (SSSR count). The average Bonchev–Trinajstić information content (AvgIpc) is 2.41. The molecule has 14 heteroatoms. The Balaban J connectivity index is -0.000000433. The minimum atomic E-state index is -4.64. The Morgan fingerprint density at radius 1 is 0.769 bits per heavy atom. The summed E-state index contributed by atoms with van der Waals surface area (Å²) in [6, 6.07) is 0. The number of hydrogen-bond acceptors (Lipinski definition) is 2. The van der Waals surface area contributed by atoms with Crippen molar-refractivity contribution in [3.63, 3.8) is 0 Å². The van der Waals surface area contributed by atoms with Gasteiger partial charge in [-0.05, 0) is 37.0 Å². The van der Waals surface area contributed by atoms with Crippen LogP contribution < -0.4 is 0 Å². The van der Waals surface area contributed by atoms with Crippen LogP contribution >= 0.6 is 79.4 Å². The second-order valence-corrected chi connectivity index (χ2v) is 10.3. The van der Waals surface area contributed by atoms with E-state index in [2.05, 4.69) is 76.4 Å². The maximum absolute atomic E-state index is 8.88. The van der Waals surface area contributed by atoms with Crippen LogP contribution in [0.3, 0.4) is 0 Å². The highest BCUT2D eigenvalue weighted by Crippen LogP contribution is 2.43. The molecule has 8 nitrogen and oxygen atoms in total. The summed E-state index contributed by atoms with van der Waals surface area (Å²) in [7, 11) is -9.28. The number of alkyl halides is 4. The van der Waals surface area contributed by atoms with Crippen molar-refractivity contribution in [2.24, 2.45) is 11.3 Å². The highest BCUT2D eigenvalue weighted by atomic mass is 79.9. The molecule has 0 saturated heterocycles. The Bertz CT molecular complexity index is 389. The third kappa shape index (κ3) is 25.9. The van der Waals surface area contributed by atoms with E-state index in [-0.39, 0.29) is 0 Å². The van der Waals surface area contributed by atoms with Crippen LogP contribution in [0, 0.1) is 11.3 Å². The molecule has 0 bridgehead atoms. The molecule has 0 aromatic rings. The molecule has 0 heterocycles. The summed E-state index contributed by atoms with van der Waals surface area (Å²) in [5.74, 6) is 0.597. The van der Waals surface area contributed by atoms with E-state index in [1.54, 1.807) is 0 Å². The molecule has 0 aliphatic carbocycles. The highest BCUT2D eigenvalue weighted by molar-refractivity contribution is 9.09. The molecule has 160 valence electrons. The molecule has 0 amide bonds. The van der Waals surface area contributed by atoms with Gasteiger partial charge in [0.15, 0.2) is 0 Å². The fourth-order valence-corrected chi connectivity index (χ4v) is 5.15. The molecule has 0 aromatic heterocycles.